The van der Waals surface area contributed by atoms with Crippen molar-refractivity contribution in [3.63, 3.8) is 0 Å². The summed E-state index contributed by atoms with van der Waals surface area (Å²) >= 11 is 5.74. The fourth-order valence-electron chi connectivity index (χ4n) is 4.57. The summed E-state index contributed by atoms with van der Waals surface area (Å²) in [6.45, 7) is -0.376. The zero-order valence-electron chi connectivity index (χ0n) is 20.0. The smallest absolute Gasteiger partial charge is 0.248 e. The molecule has 0 bridgehead atoms. The van der Waals surface area contributed by atoms with E-state index in [0.717, 1.165) is 44.2 Å². The Morgan fingerprint density at radius 2 is 2.00 bits per heavy atom. The Morgan fingerprint density at radius 1 is 1.24 bits per heavy atom. The fourth-order valence-corrected chi connectivity index (χ4v) is 4.72. The Hall–Kier alpha value is -3.15. The number of aliphatic hydroxyl groups excluding tert-OH is 2. The molecule has 2 heterocycles. The second-order valence-electron chi connectivity index (χ2n) is 9.22. The minimum Gasteiger partial charge on any atom is -0.494 e. The van der Waals surface area contributed by atoms with Crippen LogP contribution in [0.1, 0.15) is 44.6 Å². The number of rotatable bonds is 10. The number of nitrogens with one attached hydrogen (secondary N) is 1. The molecule has 2 aromatic heterocycles. The number of amides is 1. The number of hydrogen-bond acceptors (Lipinski definition) is 6. The number of aromatic hydroxyl groups is 1. The van der Waals surface area contributed by atoms with E-state index in [9.17, 15) is 23.8 Å². The first-order valence-electron chi connectivity index (χ1n) is 12.1. The van der Waals surface area contributed by atoms with E-state index in [-0.39, 0.29) is 34.9 Å². The van der Waals surface area contributed by atoms with E-state index in [4.69, 9.17) is 21.4 Å². The molecule has 1 saturated carbocycles. The first-order valence-corrected chi connectivity index (χ1v) is 12.5. The molecule has 1 fully saturated rings. The van der Waals surface area contributed by atoms with Gasteiger partial charge < -0.3 is 29.9 Å². The van der Waals surface area contributed by atoms with E-state index in [1.54, 1.807) is 12.3 Å². The maximum absolute atomic E-state index is 14.3. The highest BCUT2D eigenvalue weighted by molar-refractivity contribution is 6.30. The van der Waals surface area contributed by atoms with Crippen LogP contribution in [0.4, 0.5) is 14.6 Å². The quantitative estimate of drug-likeness (QED) is 0.279. The van der Waals surface area contributed by atoms with Crippen molar-refractivity contribution in [3.8, 4) is 17.4 Å². The molecule has 9 nitrogen and oxygen atoms in total. The van der Waals surface area contributed by atoms with Gasteiger partial charge in [0.2, 0.25) is 5.91 Å². The number of anilines is 1. The molecule has 1 aromatic carbocycles. The maximum atomic E-state index is 14.3. The standard InChI is InChI=1S/C25H29ClF2N4O5/c26-18-6-7-19(27)24(23(18)28)37-17-11-22(35)32(13-17)20(10-15-4-2-1-3-5-15)25(36)29-21-8-9-31(30-21)12-16(34)14-33/h6-9,11,13,15-16,20,33-35H,1-5,10,12,14H2,(H,29,30,36)/t16-,20+/m1/s1. The molecular weight excluding hydrogens is 510 g/mol. The van der Waals surface area contributed by atoms with Crippen LogP contribution in [0, 0.1) is 17.6 Å². The molecule has 1 amide bonds. The number of carbonyl (C=O) groups excluding carboxylic acids is 1. The third-order valence-corrected chi connectivity index (χ3v) is 6.74. The van der Waals surface area contributed by atoms with Crippen molar-refractivity contribution in [1.29, 1.82) is 0 Å². The van der Waals surface area contributed by atoms with Gasteiger partial charge in [0.1, 0.15) is 11.8 Å². The van der Waals surface area contributed by atoms with E-state index in [0.29, 0.717) is 6.42 Å². The van der Waals surface area contributed by atoms with Crippen LogP contribution in [0.15, 0.2) is 36.7 Å². The molecule has 0 spiro atoms. The van der Waals surface area contributed by atoms with E-state index < -0.39 is 42.0 Å². The first-order chi connectivity index (χ1) is 17.7. The molecule has 1 aliphatic carbocycles. The number of aromatic nitrogens is 3. The lowest BCUT2D eigenvalue weighted by Crippen LogP contribution is -2.28. The van der Waals surface area contributed by atoms with Gasteiger partial charge >= 0.3 is 0 Å². The summed E-state index contributed by atoms with van der Waals surface area (Å²) in [7, 11) is 0. The molecule has 0 saturated heterocycles. The summed E-state index contributed by atoms with van der Waals surface area (Å²) in [5.74, 6) is -3.11. The topological polar surface area (TPSA) is 122 Å². The lowest BCUT2D eigenvalue weighted by Gasteiger charge is -2.27. The molecule has 37 heavy (non-hydrogen) atoms. The van der Waals surface area contributed by atoms with Crippen LogP contribution in [-0.2, 0) is 11.3 Å². The zero-order valence-corrected chi connectivity index (χ0v) is 20.7. The molecule has 2 atom stereocenters. The normalized spacial score (nSPS) is 15.9. The van der Waals surface area contributed by atoms with Crippen LogP contribution in [0.3, 0.4) is 0 Å². The van der Waals surface area contributed by atoms with Gasteiger partial charge in [0, 0.05) is 18.3 Å². The summed E-state index contributed by atoms with van der Waals surface area (Å²) in [4.78, 5) is 13.4. The zero-order chi connectivity index (χ0) is 26.5. The van der Waals surface area contributed by atoms with Gasteiger partial charge in [-0.3, -0.25) is 9.48 Å². The van der Waals surface area contributed by atoms with Crippen LogP contribution in [0.2, 0.25) is 5.02 Å². The highest BCUT2D eigenvalue weighted by Gasteiger charge is 2.29. The van der Waals surface area contributed by atoms with Gasteiger partial charge in [0.15, 0.2) is 29.1 Å². The SMILES string of the molecule is O=C(Nc1ccn(C[C@@H](O)CO)n1)[C@H](CC1CCCCC1)n1cc(Oc2c(F)ccc(Cl)c2F)cc1O. The van der Waals surface area contributed by atoms with E-state index >= 15 is 0 Å². The highest BCUT2D eigenvalue weighted by atomic mass is 35.5. The van der Waals surface area contributed by atoms with Gasteiger partial charge in [0.05, 0.1) is 30.5 Å². The Balaban J connectivity index is 1.57. The van der Waals surface area contributed by atoms with Gasteiger partial charge in [-0.1, -0.05) is 43.7 Å². The number of hydrogen-bond donors (Lipinski definition) is 4. The maximum Gasteiger partial charge on any atom is 0.248 e. The summed E-state index contributed by atoms with van der Waals surface area (Å²) in [5, 5.41) is 35.9. The van der Waals surface area contributed by atoms with Gasteiger partial charge in [-0.25, -0.2) is 8.78 Å². The molecule has 1 aliphatic rings. The van der Waals surface area contributed by atoms with E-state index in [1.165, 1.54) is 21.5 Å². The Labute approximate surface area is 217 Å². The number of aliphatic hydroxyl groups is 2. The average Bonchev–Trinajstić information content (AvgIpc) is 3.48. The number of carbonyl (C=O) groups is 1. The minimum atomic E-state index is -1.08. The van der Waals surface area contributed by atoms with Gasteiger partial charge in [-0.2, -0.15) is 5.10 Å². The molecule has 4 N–H and O–H groups in total. The molecule has 4 rings (SSSR count). The molecule has 0 aliphatic heterocycles. The van der Waals surface area contributed by atoms with Crippen molar-refractivity contribution >= 4 is 23.3 Å². The number of benzene rings is 1. The van der Waals surface area contributed by atoms with Gasteiger partial charge in [0.25, 0.3) is 0 Å². The van der Waals surface area contributed by atoms with E-state index in [2.05, 4.69) is 10.4 Å². The second-order valence-corrected chi connectivity index (χ2v) is 9.63. The molecule has 200 valence electrons. The van der Waals surface area contributed by atoms with Crippen molar-refractivity contribution in [2.75, 3.05) is 11.9 Å². The van der Waals surface area contributed by atoms with Crippen LogP contribution in [0.25, 0.3) is 0 Å². The van der Waals surface area contributed by atoms with Crippen LogP contribution >= 0.6 is 11.6 Å². The predicted molar refractivity (Wildman–Crippen MR) is 132 cm³/mol. The highest BCUT2D eigenvalue weighted by Crippen LogP contribution is 2.38. The van der Waals surface area contributed by atoms with Crippen molar-refractivity contribution in [3.05, 3.63) is 53.3 Å². The summed E-state index contributed by atoms with van der Waals surface area (Å²) < 4.78 is 36.6. The molecule has 12 heteroatoms. The lowest BCUT2D eigenvalue weighted by molar-refractivity contribution is -0.120. The first kappa shape index (κ1) is 26.9. The van der Waals surface area contributed by atoms with Crippen molar-refractivity contribution < 1.29 is 33.6 Å². The van der Waals surface area contributed by atoms with Gasteiger partial charge in [-0.05, 0) is 24.5 Å². The second kappa shape index (κ2) is 11.9. The predicted octanol–water partition coefficient (Wildman–Crippen LogP) is 4.62. The third kappa shape index (κ3) is 6.60. The minimum absolute atomic E-state index is 0.0492. The third-order valence-electron chi connectivity index (χ3n) is 6.44. The van der Waals surface area contributed by atoms with Gasteiger partial charge in [-0.15, -0.1) is 0 Å². The number of halogens is 3. The van der Waals surface area contributed by atoms with Crippen LogP contribution < -0.4 is 10.1 Å². The van der Waals surface area contributed by atoms with Crippen LogP contribution in [-0.4, -0.2) is 48.3 Å². The van der Waals surface area contributed by atoms with E-state index in [1.807, 2.05) is 0 Å². The number of ether oxygens (including phenoxy) is 1. The Morgan fingerprint density at radius 3 is 2.73 bits per heavy atom. The fraction of sp³-hybridized carbons (Fsp3) is 0.440. The number of nitrogens with zero attached hydrogens (tertiary/aromatic N) is 3. The largest absolute Gasteiger partial charge is 0.494 e. The Kier molecular flexibility index (Phi) is 8.67. The van der Waals surface area contributed by atoms with Crippen LogP contribution in [0.5, 0.6) is 17.4 Å². The Bertz CT molecular complexity index is 1230. The van der Waals surface area contributed by atoms with Crippen molar-refractivity contribution in [2.45, 2.75) is 57.2 Å². The van der Waals surface area contributed by atoms with Crippen molar-refractivity contribution in [2.24, 2.45) is 5.92 Å². The molecular formula is C25H29ClF2N4O5. The lowest BCUT2D eigenvalue weighted by atomic mass is 9.84. The molecule has 0 unspecified atom stereocenters. The average molecular weight is 539 g/mol. The molecule has 0 radical (unpaired) electrons. The van der Waals surface area contributed by atoms with Crippen molar-refractivity contribution in [1.82, 2.24) is 14.3 Å². The summed E-state index contributed by atoms with van der Waals surface area (Å²) in [5.41, 5.74) is 0. The molecule has 3 aromatic rings. The summed E-state index contributed by atoms with van der Waals surface area (Å²) in [6, 6.07) is 3.90. The monoisotopic (exact) mass is 538 g/mol. The summed E-state index contributed by atoms with van der Waals surface area (Å²) in [6.07, 6.45) is 7.43.